The SMILES string of the molecule is CNS(=O)(=O)c1ccc(C(=O)NCc2ccccc2CN2CC(C)CC(C)C2)o1. The summed E-state index contributed by atoms with van der Waals surface area (Å²) in [6.45, 7) is 7.95. The maximum atomic E-state index is 12.4. The van der Waals surface area contributed by atoms with Gasteiger partial charge < -0.3 is 9.73 Å². The highest BCUT2D eigenvalue weighted by Gasteiger charge is 2.23. The van der Waals surface area contributed by atoms with Crippen LogP contribution in [0.15, 0.2) is 45.9 Å². The maximum Gasteiger partial charge on any atom is 0.287 e. The summed E-state index contributed by atoms with van der Waals surface area (Å²) in [5.74, 6) is 0.896. The van der Waals surface area contributed by atoms with Crippen molar-refractivity contribution in [3.05, 3.63) is 53.3 Å². The molecule has 0 spiro atoms. The highest BCUT2D eigenvalue weighted by Crippen LogP contribution is 2.23. The Labute approximate surface area is 172 Å². The molecule has 2 N–H and O–H groups in total. The molecule has 0 saturated carbocycles. The molecule has 1 amide bonds. The lowest BCUT2D eigenvalue weighted by Gasteiger charge is -2.35. The van der Waals surface area contributed by atoms with Crippen LogP contribution in [0.3, 0.4) is 0 Å². The Morgan fingerprint density at radius 1 is 1.10 bits per heavy atom. The molecule has 0 aliphatic carbocycles. The van der Waals surface area contributed by atoms with Gasteiger partial charge in [-0.2, -0.15) is 0 Å². The first-order valence-corrected chi connectivity index (χ1v) is 11.4. The van der Waals surface area contributed by atoms with Gasteiger partial charge >= 0.3 is 0 Å². The molecule has 1 aliphatic heterocycles. The van der Waals surface area contributed by atoms with Gasteiger partial charge in [0, 0.05) is 26.2 Å². The molecule has 0 radical (unpaired) electrons. The van der Waals surface area contributed by atoms with Crippen molar-refractivity contribution in [3.63, 3.8) is 0 Å². The van der Waals surface area contributed by atoms with Crippen molar-refractivity contribution in [1.82, 2.24) is 14.9 Å². The number of nitrogens with one attached hydrogen (secondary N) is 2. The van der Waals surface area contributed by atoms with Gasteiger partial charge in [0.1, 0.15) is 0 Å². The third-order valence-corrected chi connectivity index (χ3v) is 6.52. The standard InChI is InChI=1S/C21H29N3O4S/c1-15-10-16(2)13-24(12-15)14-18-7-5-4-6-17(18)11-23-21(25)19-8-9-20(28-19)29(26,27)22-3/h4-9,15-16,22H,10-14H2,1-3H3,(H,23,25). The molecule has 158 valence electrons. The summed E-state index contributed by atoms with van der Waals surface area (Å²) < 4.78 is 30.9. The number of piperidine rings is 1. The number of amides is 1. The molecule has 7 nitrogen and oxygen atoms in total. The molecule has 1 fully saturated rings. The number of hydrogen-bond donors (Lipinski definition) is 2. The molecule has 2 aromatic rings. The predicted octanol–water partition coefficient (Wildman–Crippen LogP) is 2.60. The zero-order valence-electron chi connectivity index (χ0n) is 17.1. The molecule has 3 rings (SSSR count). The van der Waals surface area contributed by atoms with E-state index in [0.29, 0.717) is 18.4 Å². The zero-order chi connectivity index (χ0) is 21.0. The number of likely N-dealkylation sites (tertiary alicyclic amines) is 1. The second kappa shape index (κ2) is 9.11. The van der Waals surface area contributed by atoms with Crippen LogP contribution in [0.1, 0.15) is 41.9 Å². The summed E-state index contributed by atoms with van der Waals surface area (Å²) in [4.78, 5) is 14.9. The fraction of sp³-hybridized carbons (Fsp3) is 0.476. The molecule has 2 unspecified atom stereocenters. The Morgan fingerprint density at radius 2 is 1.76 bits per heavy atom. The monoisotopic (exact) mass is 419 g/mol. The van der Waals surface area contributed by atoms with E-state index in [1.54, 1.807) is 0 Å². The van der Waals surface area contributed by atoms with Crippen molar-refractivity contribution in [2.24, 2.45) is 11.8 Å². The van der Waals surface area contributed by atoms with Crippen LogP contribution in [0.2, 0.25) is 0 Å². The van der Waals surface area contributed by atoms with E-state index in [9.17, 15) is 13.2 Å². The third kappa shape index (κ3) is 5.46. The average Bonchev–Trinajstić information content (AvgIpc) is 3.17. The van der Waals surface area contributed by atoms with Crippen molar-refractivity contribution in [3.8, 4) is 0 Å². The molecule has 0 bridgehead atoms. The van der Waals surface area contributed by atoms with Crippen molar-refractivity contribution in [2.75, 3.05) is 20.1 Å². The molecule has 1 aliphatic rings. The minimum absolute atomic E-state index is 0.0324. The largest absolute Gasteiger partial charge is 0.438 e. The van der Waals surface area contributed by atoms with Gasteiger partial charge in [0.25, 0.3) is 15.9 Å². The van der Waals surface area contributed by atoms with E-state index in [4.69, 9.17) is 4.42 Å². The smallest absolute Gasteiger partial charge is 0.287 e. The van der Waals surface area contributed by atoms with Crippen LogP contribution in [0.25, 0.3) is 0 Å². The lowest BCUT2D eigenvalue weighted by atomic mass is 9.91. The Balaban J connectivity index is 1.65. The lowest BCUT2D eigenvalue weighted by Crippen LogP contribution is -2.38. The fourth-order valence-corrected chi connectivity index (χ4v) is 4.64. The van der Waals surface area contributed by atoms with Crippen LogP contribution < -0.4 is 10.0 Å². The zero-order valence-corrected chi connectivity index (χ0v) is 18.0. The second-order valence-corrected chi connectivity index (χ2v) is 9.74. The van der Waals surface area contributed by atoms with E-state index in [-0.39, 0.29) is 10.9 Å². The van der Waals surface area contributed by atoms with Gasteiger partial charge in [0.2, 0.25) is 5.09 Å². The molecule has 1 aromatic heterocycles. The minimum Gasteiger partial charge on any atom is -0.438 e. The van der Waals surface area contributed by atoms with Crippen molar-refractivity contribution in [2.45, 2.75) is 38.5 Å². The van der Waals surface area contributed by atoms with Gasteiger partial charge in [-0.05, 0) is 48.6 Å². The number of benzene rings is 1. The van der Waals surface area contributed by atoms with Gasteiger partial charge in [-0.3, -0.25) is 9.69 Å². The van der Waals surface area contributed by atoms with Crippen LogP contribution >= 0.6 is 0 Å². The Bertz CT molecular complexity index is 944. The van der Waals surface area contributed by atoms with Gasteiger partial charge in [-0.15, -0.1) is 0 Å². The quantitative estimate of drug-likeness (QED) is 0.720. The fourth-order valence-electron chi connectivity index (χ4n) is 4.00. The molecule has 1 saturated heterocycles. The Morgan fingerprint density at radius 3 is 2.41 bits per heavy atom. The van der Waals surface area contributed by atoms with Gasteiger partial charge in [0.05, 0.1) is 0 Å². The second-order valence-electron chi connectivity index (χ2n) is 7.92. The molecule has 1 aromatic carbocycles. The normalized spacial score (nSPS) is 20.5. The van der Waals surface area contributed by atoms with Crippen LogP contribution in [0.4, 0.5) is 0 Å². The Kier molecular flexibility index (Phi) is 6.77. The average molecular weight is 420 g/mol. The molecule has 2 atom stereocenters. The van der Waals surface area contributed by atoms with Gasteiger partial charge in [-0.25, -0.2) is 13.1 Å². The predicted molar refractivity (Wildman–Crippen MR) is 111 cm³/mol. The number of rotatable bonds is 7. The summed E-state index contributed by atoms with van der Waals surface area (Å²) >= 11 is 0. The van der Waals surface area contributed by atoms with E-state index in [1.165, 1.54) is 31.2 Å². The number of carbonyl (C=O) groups is 1. The third-order valence-electron chi connectivity index (χ3n) is 5.23. The van der Waals surface area contributed by atoms with Crippen molar-refractivity contribution in [1.29, 1.82) is 0 Å². The summed E-state index contributed by atoms with van der Waals surface area (Å²) in [5.41, 5.74) is 2.23. The number of furan rings is 1. The van der Waals surface area contributed by atoms with Crippen LogP contribution in [-0.4, -0.2) is 39.4 Å². The van der Waals surface area contributed by atoms with Crippen LogP contribution in [-0.2, 0) is 23.1 Å². The first-order valence-electron chi connectivity index (χ1n) is 9.89. The van der Waals surface area contributed by atoms with Gasteiger partial charge in [-0.1, -0.05) is 38.1 Å². The maximum absolute atomic E-state index is 12.4. The van der Waals surface area contributed by atoms with Crippen molar-refractivity contribution >= 4 is 15.9 Å². The number of carbonyl (C=O) groups excluding carboxylic acids is 1. The first kappa shape index (κ1) is 21.5. The Hall–Kier alpha value is -2.16. The number of nitrogens with zero attached hydrogens (tertiary/aromatic N) is 1. The number of hydrogen-bond acceptors (Lipinski definition) is 5. The van der Waals surface area contributed by atoms with Crippen LogP contribution in [0.5, 0.6) is 0 Å². The summed E-state index contributed by atoms with van der Waals surface area (Å²) in [7, 11) is -2.42. The van der Waals surface area contributed by atoms with Crippen LogP contribution in [0, 0.1) is 11.8 Å². The number of sulfonamides is 1. The molecule has 2 heterocycles. The first-order chi connectivity index (χ1) is 13.8. The van der Waals surface area contributed by atoms with E-state index < -0.39 is 15.9 Å². The van der Waals surface area contributed by atoms with E-state index in [0.717, 1.165) is 25.2 Å². The van der Waals surface area contributed by atoms with E-state index in [2.05, 4.69) is 34.9 Å². The molecular weight excluding hydrogens is 390 g/mol. The molecular formula is C21H29N3O4S. The van der Waals surface area contributed by atoms with Gasteiger partial charge in [0.15, 0.2) is 5.76 Å². The highest BCUT2D eigenvalue weighted by molar-refractivity contribution is 7.89. The topological polar surface area (TPSA) is 91.6 Å². The molecule has 8 heteroatoms. The van der Waals surface area contributed by atoms with E-state index >= 15 is 0 Å². The summed E-state index contributed by atoms with van der Waals surface area (Å²) in [6.07, 6.45) is 1.27. The van der Waals surface area contributed by atoms with Crippen molar-refractivity contribution < 1.29 is 17.6 Å². The van der Waals surface area contributed by atoms with E-state index in [1.807, 2.05) is 18.2 Å². The minimum atomic E-state index is -3.71. The lowest BCUT2D eigenvalue weighted by molar-refractivity contribution is 0.0917. The summed E-state index contributed by atoms with van der Waals surface area (Å²) in [6, 6.07) is 10.7. The molecule has 29 heavy (non-hydrogen) atoms. The highest BCUT2D eigenvalue weighted by atomic mass is 32.2. The summed E-state index contributed by atoms with van der Waals surface area (Å²) in [5, 5.41) is 2.55.